The minimum absolute atomic E-state index is 0.0367. The molecule has 34 heavy (non-hydrogen) atoms. The molecule has 5 rings (SSSR count). The molecule has 0 radical (unpaired) electrons. The summed E-state index contributed by atoms with van der Waals surface area (Å²) in [5.41, 5.74) is 0.735. The summed E-state index contributed by atoms with van der Waals surface area (Å²) in [6, 6.07) is 19.3. The van der Waals surface area contributed by atoms with Crippen LogP contribution in [0.3, 0.4) is 0 Å². The predicted molar refractivity (Wildman–Crippen MR) is 122 cm³/mol. The SMILES string of the molecule is COC(=O)c1ccc(Oc2coc3cc(OC(=O)c4cc5ccccc5o4)ccc3c2=O)cc1. The molecule has 8 heteroatoms. The molecule has 0 aliphatic heterocycles. The van der Waals surface area contributed by atoms with Gasteiger partial charge in [0.15, 0.2) is 0 Å². The second-order valence-electron chi connectivity index (χ2n) is 7.24. The second kappa shape index (κ2) is 8.59. The van der Waals surface area contributed by atoms with Crippen molar-refractivity contribution in [3.05, 3.63) is 101 Å². The van der Waals surface area contributed by atoms with E-state index >= 15 is 0 Å². The van der Waals surface area contributed by atoms with Gasteiger partial charge in [-0.3, -0.25) is 4.79 Å². The molecule has 0 aliphatic rings. The number of rotatable bonds is 5. The number of methoxy groups -OCH3 is 1. The number of carbonyl (C=O) groups excluding carboxylic acids is 2. The Bertz CT molecular complexity index is 1560. The lowest BCUT2D eigenvalue weighted by Crippen LogP contribution is -2.08. The first-order valence-corrected chi connectivity index (χ1v) is 10.1. The Balaban J connectivity index is 1.36. The van der Waals surface area contributed by atoms with Gasteiger partial charge in [-0.1, -0.05) is 18.2 Å². The molecule has 0 unspecified atom stereocenters. The smallest absolute Gasteiger partial charge is 0.379 e. The summed E-state index contributed by atoms with van der Waals surface area (Å²) in [5.74, 6) is -0.597. The van der Waals surface area contributed by atoms with Crippen molar-refractivity contribution in [2.45, 2.75) is 0 Å². The predicted octanol–water partition coefficient (Wildman–Crippen LogP) is 5.34. The third-order valence-electron chi connectivity index (χ3n) is 5.05. The van der Waals surface area contributed by atoms with E-state index in [0.29, 0.717) is 16.9 Å². The Labute approximate surface area is 191 Å². The van der Waals surface area contributed by atoms with E-state index < -0.39 is 17.4 Å². The van der Waals surface area contributed by atoms with Crippen LogP contribution in [0.15, 0.2) is 92.7 Å². The third kappa shape index (κ3) is 4.00. The van der Waals surface area contributed by atoms with Gasteiger partial charge in [-0.05, 0) is 48.5 Å². The fourth-order valence-electron chi connectivity index (χ4n) is 3.37. The van der Waals surface area contributed by atoms with Gasteiger partial charge >= 0.3 is 11.9 Å². The van der Waals surface area contributed by atoms with Gasteiger partial charge in [0, 0.05) is 11.5 Å². The van der Waals surface area contributed by atoms with E-state index in [2.05, 4.69) is 4.74 Å². The zero-order valence-electron chi connectivity index (χ0n) is 17.8. The van der Waals surface area contributed by atoms with E-state index in [0.717, 1.165) is 5.39 Å². The lowest BCUT2D eigenvalue weighted by Gasteiger charge is -2.07. The molecule has 0 atom stereocenters. The van der Waals surface area contributed by atoms with Crippen LogP contribution in [0.4, 0.5) is 0 Å². The van der Waals surface area contributed by atoms with Gasteiger partial charge in [-0.15, -0.1) is 0 Å². The molecule has 0 saturated carbocycles. The summed E-state index contributed by atoms with van der Waals surface area (Å²) >= 11 is 0. The average Bonchev–Trinajstić information content (AvgIpc) is 3.30. The van der Waals surface area contributed by atoms with Crippen molar-refractivity contribution in [1.29, 1.82) is 0 Å². The number of ether oxygens (including phenoxy) is 3. The maximum absolute atomic E-state index is 12.8. The summed E-state index contributed by atoms with van der Waals surface area (Å²) in [7, 11) is 1.29. The highest BCUT2D eigenvalue weighted by Crippen LogP contribution is 2.26. The van der Waals surface area contributed by atoms with Crippen molar-refractivity contribution >= 4 is 33.9 Å². The monoisotopic (exact) mass is 456 g/mol. The topological polar surface area (TPSA) is 105 Å². The lowest BCUT2D eigenvalue weighted by atomic mass is 10.2. The highest BCUT2D eigenvalue weighted by atomic mass is 16.5. The van der Waals surface area contributed by atoms with E-state index in [1.165, 1.54) is 55.8 Å². The molecule has 8 nitrogen and oxygen atoms in total. The quantitative estimate of drug-likeness (QED) is 0.258. The molecule has 0 aliphatic carbocycles. The molecule has 2 aromatic heterocycles. The van der Waals surface area contributed by atoms with Crippen LogP contribution in [0, 0.1) is 0 Å². The molecule has 0 fully saturated rings. The van der Waals surface area contributed by atoms with Gasteiger partial charge in [0.2, 0.25) is 16.9 Å². The molecule has 3 aromatic carbocycles. The van der Waals surface area contributed by atoms with E-state index in [1.807, 2.05) is 18.2 Å². The first kappa shape index (κ1) is 21.0. The number of benzene rings is 3. The van der Waals surface area contributed by atoms with Gasteiger partial charge < -0.3 is 23.0 Å². The minimum atomic E-state index is -0.673. The minimum Gasteiger partial charge on any atom is -0.465 e. The highest BCUT2D eigenvalue weighted by molar-refractivity contribution is 5.94. The fourth-order valence-corrected chi connectivity index (χ4v) is 3.37. The van der Waals surface area contributed by atoms with Crippen LogP contribution < -0.4 is 14.9 Å². The second-order valence-corrected chi connectivity index (χ2v) is 7.24. The Morgan fingerprint density at radius 1 is 0.824 bits per heavy atom. The van der Waals surface area contributed by atoms with Gasteiger partial charge in [0.05, 0.1) is 18.1 Å². The number of fused-ring (bicyclic) bond motifs is 2. The Kier molecular flexibility index (Phi) is 5.31. The Hall–Kier alpha value is -4.85. The largest absolute Gasteiger partial charge is 0.465 e. The molecule has 5 aromatic rings. The number of carbonyl (C=O) groups is 2. The molecule has 0 bridgehead atoms. The fraction of sp³-hybridized carbons (Fsp3) is 0.0385. The van der Waals surface area contributed by atoms with Gasteiger partial charge in [-0.25, -0.2) is 9.59 Å². The number of esters is 2. The molecule has 0 amide bonds. The molecular formula is C26H16O8. The summed E-state index contributed by atoms with van der Waals surface area (Å²) in [4.78, 5) is 36.8. The van der Waals surface area contributed by atoms with Crippen LogP contribution in [0.1, 0.15) is 20.9 Å². The van der Waals surface area contributed by atoms with Crippen molar-refractivity contribution in [3.8, 4) is 17.2 Å². The summed E-state index contributed by atoms with van der Waals surface area (Å²) in [6.45, 7) is 0. The van der Waals surface area contributed by atoms with Crippen molar-refractivity contribution < 1.29 is 32.6 Å². The molecule has 0 N–H and O–H groups in total. The normalized spacial score (nSPS) is 10.9. The van der Waals surface area contributed by atoms with E-state index in [-0.39, 0.29) is 28.2 Å². The van der Waals surface area contributed by atoms with Crippen molar-refractivity contribution in [2.75, 3.05) is 7.11 Å². The number of hydrogen-bond acceptors (Lipinski definition) is 8. The van der Waals surface area contributed by atoms with Crippen molar-refractivity contribution in [3.63, 3.8) is 0 Å². The van der Waals surface area contributed by atoms with Crippen LogP contribution in [0.5, 0.6) is 17.2 Å². The zero-order chi connectivity index (χ0) is 23.7. The Morgan fingerprint density at radius 2 is 1.59 bits per heavy atom. The Morgan fingerprint density at radius 3 is 2.35 bits per heavy atom. The number of para-hydroxylation sites is 1. The molecule has 168 valence electrons. The van der Waals surface area contributed by atoms with Crippen LogP contribution in [0.2, 0.25) is 0 Å². The lowest BCUT2D eigenvalue weighted by molar-refractivity contribution is 0.0600. The maximum Gasteiger partial charge on any atom is 0.379 e. The van der Waals surface area contributed by atoms with Crippen molar-refractivity contribution in [2.24, 2.45) is 0 Å². The zero-order valence-corrected chi connectivity index (χ0v) is 17.8. The maximum atomic E-state index is 12.8. The first-order chi connectivity index (χ1) is 16.5. The highest BCUT2D eigenvalue weighted by Gasteiger charge is 2.16. The van der Waals surface area contributed by atoms with Crippen LogP contribution in [-0.2, 0) is 4.74 Å². The molecular weight excluding hydrogens is 440 g/mol. The first-order valence-electron chi connectivity index (χ1n) is 10.1. The van der Waals surface area contributed by atoms with Crippen LogP contribution >= 0.6 is 0 Å². The van der Waals surface area contributed by atoms with Gasteiger partial charge in [0.1, 0.15) is 28.9 Å². The number of hydrogen-bond donors (Lipinski definition) is 0. The molecule has 0 saturated heterocycles. The van der Waals surface area contributed by atoms with E-state index in [9.17, 15) is 14.4 Å². The van der Waals surface area contributed by atoms with Crippen molar-refractivity contribution in [1.82, 2.24) is 0 Å². The summed E-state index contributed by atoms with van der Waals surface area (Å²) < 4.78 is 26.7. The van der Waals surface area contributed by atoms with E-state index in [4.69, 9.17) is 18.3 Å². The number of furan rings is 1. The van der Waals surface area contributed by atoms with Crippen LogP contribution in [0.25, 0.3) is 21.9 Å². The summed E-state index contributed by atoms with van der Waals surface area (Å²) in [5, 5.41) is 1.03. The average molecular weight is 456 g/mol. The molecule has 0 spiro atoms. The summed E-state index contributed by atoms with van der Waals surface area (Å²) in [6.07, 6.45) is 1.17. The van der Waals surface area contributed by atoms with Gasteiger partial charge in [-0.2, -0.15) is 0 Å². The van der Waals surface area contributed by atoms with E-state index in [1.54, 1.807) is 12.1 Å². The molecule has 2 heterocycles. The third-order valence-corrected chi connectivity index (χ3v) is 5.05. The van der Waals surface area contributed by atoms with Crippen LogP contribution in [-0.4, -0.2) is 19.0 Å². The van der Waals surface area contributed by atoms with Gasteiger partial charge in [0.25, 0.3) is 0 Å². The standard InChI is InChI=1S/C26H16O8/c1-30-25(28)15-6-8-17(9-7-15)32-23-14-31-21-13-18(10-11-19(21)24(23)27)33-26(29)22-12-16-4-2-3-5-20(16)34-22/h2-14H,1H3.